The summed E-state index contributed by atoms with van der Waals surface area (Å²) in [5.74, 6) is 0.502. The van der Waals surface area contributed by atoms with E-state index in [9.17, 15) is 4.79 Å². The maximum Gasteiger partial charge on any atom is 0.225 e. The first kappa shape index (κ1) is 14.1. The fraction of sp³-hybridized carbons (Fsp3) is 0.562. The molecule has 3 heteroatoms. The van der Waals surface area contributed by atoms with Gasteiger partial charge in [-0.15, -0.1) is 0 Å². The van der Waals surface area contributed by atoms with Gasteiger partial charge in [0.05, 0.1) is 0 Å². The molecule has 2 rings (SSSR count). The molecule has 1 aromatic carbocycles. The lowest BCUT2D eigenvalue weighted by atomic mass is 9.96. The largest absolute Gasteiger partial charge is 0.341 e. The summed E-state index contributed by atoms with van der Waals surface area (Å²) >= 11 is 0. The molecule has 1 N–H and O–H groups in total. The van der Waals surface area contributed by atoms with Crippen LogP contribution in [0.1, 0.15) is 30.9 Å². The first-order chi connectivity index (χ1) is 9.20. The minimum atomic E-state index is 0.209. The molecule has 0 spiro atoms. The molecular weight excluding hydrogens is 236 g/mol. The quantitative estimate of drug-likeness (QED) is 0.900. The van der Waals surface area contributed by atoms with E-state index in [1.54, 1.807) is 0 Å². The highest BCUT2D eigenvalue weighted by Gasteiger charge is 2.23. The van der Waals surface area contributed by atoms with Crippen molar-refractivity contribution in [3.63, 3.8) is 0 Å². The van der Waals surface area contributed by atoms with Crippen molar-refractivity contribution in [3.05, 3.63) is 35.4 Å². The van der Waals surface area contributed by atoms with E-state index in [1.807, 2.05) is 11.9 Å². The van der Waals surface area contributed by atoms with Crippen LogP contribution in [-0.4, -0.2) is 30.9 Å². The molecule has 0 saturated carbocycles. The number of nitrogens with zero attached hydrogens (tertiary/aromatic N) is 1. The summed E-state index contributed by atoms with van der Waals surface area (Å²) in [5, 5.41) is 3.30. The number of aryl methyl sites for hydroxylation is 1. The molecule has 0 aliphatic carbocycles. The molecule has 1 aliphatic rings. The highest BCUT2D eigenvalue weighted by molar-refractivity contribution is 5.78. The van der Waals surface area contributed by atoms with Gasteiger partial charge in [-0.05, 0) is 43.5 Å². The van der Waals surface area contributed by atoms with Crippen LogP contribution in [0.5, 0.6) is 0 Å². The predicted molar refractivity (Wildman–Crippen MR) is 77.9 cm³/mol. The number of rotatable bonds is 4. The molecule has 0 radical (unpaired) electrons. The van der Waals surface area contributed by atoms with Crippen molar-refractivity contribution in [2.45, 2.75) is 32.7 Å². The Bertz CT molecular complexity index is 407. The van der Waals surface area contributed by atoms with Gasteiger partial charge in [0.2, 0.25) is 5.91 Å². The number of hydrogen-bond acceptors (Lipinski definition) is 2. The van der Waals surface area contributed by atoms with E-state index < -0.39 is 0 Å². The van der Waals surface area contributed by atoms with Gasteiger partial charge in [0.25, 0.3) is 0 Å². The Morgan fingerprint density at radius 1 is 1.21 bits per heavy atom. The fourth-order valence-electron chi connectivity index (χ4n) is 2.61. The standard InChI is InChI=1S/C16H24N2O/c1-3-13-4-6-14(7-5-13)12-18(2)16(19)15-8-10-17-11-9-15/h4-7,15,17H,3,8-12H2,1-2H3. The number of hydrogen-bond donors (Lipinski definition) is 1. The van der Waals surface area contributed by atoms with Crippen molar-refractivity contribution in [1.29, 1.82) is 0 Å². The van der Waals surface area contributed by atoms with Gasteiger partial charge < -0.3 is 10.2 Å². The first-order valence-electron chi connectivity index (χ1n) is 7.24. The van der Waals surface area contributed by atoms with E-state index in [2.05, 4.69) is 36.5 Å². The number of carbonyl (C=O) groups excluding carboxylic acids is 1. The third-order valence-electron chi connectivity index (χ3n) is 3.92. The molecule has 19 heavy (non-hydrogen) atoms. The average molecular weight is 260 g/mol. The maximum absolute atomic E-state index is 12.3. The van der Waals surface area contributed by atoms with Gasteiger partial charge in [-0.2, -0.15) is 0 Å². The first-order valence-corrected chi connectivity index (χ1v) is 7.24. The third-order valence-corrected chi connectivity index (χ3v) is 3.92. The molecule has 104 valence electrons. The molecule has 0 unspecified atom stereocenters. The fourth-order valence-corrected chi connectivity index (χ4v) is 2.61. The number of carbonyl (C=O) groups is 1. The Morgan fingerprint density at radius 3 is 2.37 bits per heavy atom. The topological polar surface area (TPSA) is 32.3 Å². The molecule has 1 heterocycles. The van der Waals surface area contributed by atoms with E-state index in [-0.39, 0.29) is 5.92 Å². The van der Waals surface area contributed by atoms with Gasteiger partial charge in [0, 0.05) is 19.5 Å². The van der Waals surface area contributed by atoms with Crippen molar-refractivity contribution in [2.75, 3.05) is 20.1 Å². The summed E-state index contributed by atoms with van der Waals surface area (Å²) in [5.41, 5.74) is 2.55. The normalized spacial score (nSPS) is 16.3. The van der Waals surface area contributed by atoms with Crippen LogP contribution in [0.2, 0.25) is 0 Å². The lowest BCUT2D eigenvalue weighted by Crippen LogP contribution is -2.38. The molecule has 1 saturated heterocycles. The SMILES string of the molecule is CCc1ccc(CN(C)C(=O)C2CCNCC2)cc1. The smallest absolute Gasteiger partial charge is 0.225 e. The Labute approximate surface area is 116 Å². The van der Waals surface area contributed by atoms with Crippen LogP contribution in [0.15, 0.2) is 24.3 Å². The molecule has 1 aromatic rings. The van der Waals surface area contributed by atoms with Gasteiger partial charge in [-0.1, -0.05) is 31.2 Å². The van der Waals surface area contributed by atoms with Crippen molar-refractivity contribution in [2.24, 2.45) is 5.92 Å². The maximum atomic E-state index is 12.3. The van der Waals surface area contributed by atoms with Crippen LogP contribution in [0.4, 0.5) is 0 Å². The van der Waals surface area contributed by atoms with E-state index in [0.717, 1.165) is 32.4 Å². The van der Waals surface area contributed by atoms with Gasteiger partial charge in [0.1, 0.15) is 0 Å². The number of piperidine rings is 1. The molecule has 1 fully saturated rings. The number of nitrogens with one attached hydrogen (secondary N) is 1. The van der Waals surface area contributed by atoms with Crippen LogP contribution >= 0.6 is 0 Å². The van der Waals surface area contributed by atoms with Crippen molar-refractivity contribution in [1.82, 2.24) is 10.2 Å². The van der Waals surface area contributed by atoms with E-state index in [4.69, 9.17) is 0 Å². The Balaban J connectivity index is 1.91. The molecule has 0 bridgehead atoms. The second-order valence-corrected chi connectivity index (χ2v) is 5.39. The van der Waals surface area contributed by atoms with Crippen LogP contribution < -0.4 is 5.32 Å². The van der Waals surface area contributed by atoms with E-state index in [1.165, 1.54) is 11.1 Å². The molecule has 3 nitrogen and oxygen atoms in total. The number of amides is 1. The molecule has 1 amide bonds. The Kier molecular flexibility index (Phi) is 4.97. The Morgan fingerprint density at radius 2 is 1.79 bits per heavy atom. The monoisotopic (exact) mass is 260 g/mol. The predicted octanol–water partition coefficient (Wildman–Crippen LogP) is 2.21. The zero-order valence-electron chi connectivity index (χ0n) is 12.0. The summed E-state index contributed by atoms with van der Waals surface area (Å²) in [6.07, 6.45) is 3.00. The second-order valence-electron chi connectivity index (χ2n) is 5.39. The van der Waals surface area contributed by atoms with Gasteiger partial charge >= 0.3 is 0 Å². The minimum Gasteiger partial charge on any atom is -0.341 e. The van der Waals surface area contributed by atoms with Crippen molar-refractivity contribution in [3.8, 4) is 0 Å². The summed E-state index contributed by atoms with van der Waals surface area (Å²) in [6, 6.07) is 8.56. The molecule has 1 aliphatic heterocycles. The third kappa shape index (κ3) is 3.80. The highest BCUT2D eigenvalue weighted by Crippen LogP contribution is 2.16. The van der Waals surface area contributed by atoms with Crippen molar-refractivity contribution < 1.29 is 4.79 Å². The van der Waals surface area contributed by atoms with Crippen molar-refractivity contribution >= 4 is 5.91 Å². The van der Waals surface area contributed by atoms with Gasteiger partial charge in [0.15, 0.2) is 0 Å². The summed E-state index contributed by atoms with van der Waals surface area (Å²) in [4.78, 5) is 14.2. The summed E-state index contributed by atoms with van der Waals surface area (Å²) in [7, 11) is 1.91. The van der Waals surface area contributed by atoms with Crippen LogP contribution in [-0.2, 0) is 17.8 Å². The van der Waals surface area contributed by atoms with E-state index in [0.29, 0.717) is 12.5 Å². The lowest BCUT2D eigenvalue weighted by molar-refractivity contribution is -0.135. The molecule has 0 atom stereocenters. The van der Waals surface area contributed by atoms with Crippen LogP contribution in [0, 0.1) is 5.92 Å². The summed E-state index contributed by atoms with van der Waals surface area (Å²) < 4.78 is 0. The van der Waals surface area contributed by atoms with Gasteiger partial charge in [-0.25, -0.2) is 0 Å². The zero-order chi connectivity index (χ0) is 13.7. The van der Waals surface area contributed by atoms with Crippen LogP contribution in [0.3, 0.4) is 0 Å². The highest BCUT2D eigenvalue weighted by atomic mass is 16.2. The number of benzene rings is 1. The Hall–Kier alpha value is -1.35. The van der Waals surface area contributed by atoms with Gasteiger partial charge in [-0.3, -0.25) is 4.79 Å². The van der Waals surface area contributed by atoms with Crippen LogP contribution in [0.25, 0.3) is 0 Å². The van der Waals surface area contributed by atoms with E-state index >= 15 is 0 Å². The molecular formula is C16H24N2O. The molecule has 0 aromatic heterocycles. The minimum absolute atomic E-state index is 0.209. The average Bonchev–Trinajstić information content (AvgIpc) is 2.48. The lowest BCUT2D eigenvalue weighted by Gasteiger charge is -2.27. The zero-order valence-corrected chi connectivity index (χ0v) is 12.0. The second kappa shape index (κ2) is 6.71. The summed E-state index contributed by atoms with van der Waals surface area (Å²) in [6.45, 7) is 4.80.